The quantitative estimate of drug-likeness (QED) is 0.703. The Kier molecular flexibility index (Phi) is 2.21. The van der Waals surface area contributed by atoms with E-state index < -0.39 is 0 Å². The number of aryl methyl sites for hydroxylation is 1. The molecule has 0 unspecified atom stereocenters. The van der Waals surface area contributed by atoms with E-state index in [0.717, 1.165) is 11.3 Å². The van der Waals surface area contributed by atoms with E-state index in [4.69, 9.17) is 4.42 Å². The van der Waals surface area contributed by atoms with E-state index >= 15 is 0 Å². The number of hydrogen-bond donors (Lipinski definition) is 2. The first-order valence-electron chi connectivity index (χ1n) is 5.12. The number of nitrogens with one attached hydrogen (secondary N) is 2. The fourth-order valence-electron chi connectivity index (χ4n) is 1.54. The molecule has 0 saturated heterocycles. The third-order valence-corrected chi connectivity index (χ3v) is 2.30. The summed E-state index contributed by atoms with van der Waals surface area (Å²) in [5.41, 5.74) is 1.40. The van der Waals surface area contributed by atoms with Gasteiger partial charge < -0.3 is 14.7 Å². The van der Waals surface area contributed by atoms with Crippen LogP contribution in [-0.2, 0) is 6.54 Å². The number of imidazole rings is 1. The Labute approximate surface area is 96.3 Å². The maximum absolute atomic E-state index is 5.36. The molecular formula is C10H10N6O. The zero-order valence-electron chi connectivity index (χ0n) is 9.14. The zero-order valence-corrected chi connectivity index (χ0v) is 9.14. The van der Waals surface area contributed by atoms with E-state index in [1.165, 1.54) is 6.33 Å². The van der Waals surface area contributed by atoms with Crippen LogP contribution in [0.15, 0.2) is 23.3 Å². The lowest BCUT2D eigenvalue weighted by molar-refractivity contribution is 0.479. The first kappa shape index (κ1) is 9.76. The molecular weight excluding hydrogens is 220 g/mol. The summed E-state index contributed by atoms with van der Waals surface area (Å²) in [6.07, 6.45) is 4.73. The second kappa shape index (κ2) is 3.85. The van der Waals surface area contributed by atoms with Gasteiger partial charge in [-0.25, -0.2) is 19.9 Å². The van der Waals surface area contributed by atoms with Gasteiger partial charge in [-0.15, -0.1) is 0 Å². The van der Waals surface area contributed by atoms with E-state index in [2.05, 4.69) is 30.2 Å². The van der Waals surface area contributed by atoms with Gasteiger partial charge >= 0.3 is 0 Å². The molecule has 0 aliphatic heterocycles. The fourth-order valence-corrected chi connectivity index (χ4v) is 1.54. The molecule has 0 fully saturated rings. The molecule has 0 aliphatic rings. The second-order valence-electron chi connectivity index (χ2n) is 3.54. The van der Waals surface area contributed by atoms with Gasteiger partial charge in [-0.2, -0.15) is 0 Å². The van der Waals surface area contributed by atoms with Crippen molar-refractivity contribution in [3.63, 3.8) is 0 Å². The van der Waals surface area contributed by atoms with Crippen molar-refractivity contribution in [3.05, 3.63) is 30.5 Å². The van der Waals surface area contributed by atoms with Crippen LogP contribution in [0.4, 0.5) is 5.82 Å². The molecule has 0 amide bonds. The van der Waals surface area contributed by atoms with Crippen molar-refractivity contribution < 1.29 is 4.42 Å². The van der Waals surface area contributed by atoms with Crippen LogP contribution >= 0.6 is 0 Å². The molecule has 3 aromatic rings. The molecule has 0 saturated carbocycles. The van der Waals surface area contributed by atoms with Crippen molar-refractivity contribution in [2.45, 2.75) is 13.5 Å². The van der Waals surface area contributed by atoms with Crippen molar-refractivity contribution in [3.8, 4) is 0 Å². The fraction of sp³-hybridized carbons (Fsp3) is 0.200. The molecule has 2 N–H and O–H groups in total. The van der Waals surface area contributed by atoms with E-state index in [-0.39, 0.29) is 0 Å². The minimum atomic E-state index is 0.471. The van der Waals surface area contributed by atoms with Gasteiger partial charge in [0.1, 0.15) is 17.6 Å². The second-order valence-corrected chi connectivity index (χ2v) is 3.54. The highest BCUT2D eigenvalue weighted by Gasteiger charge is 2.06. The minimum absolute atomic E-state index is 0.471. The summed E-state index contributed by atoms with van der Waals surface area (Å²) in [6, 6.07) is 0. The molecule has 3 aromatic heterocycles. The standard InChI is InChI=1S/C10H10N6O/c1-6-2-11-7(17-6)3-12-9-8-10(14-4-13-8)16-5-15-9/h2,4-5H,3H2,1H3,(H2,12,13,14,15,16). The average molecular weight is 230 g/mol. The normalized spacial score (nSPS) is 10.9. The number of H-pyrrole nitrogens is 1. The highest BCUT2D eigenvalue weighted by Crippen LogP contribution is 2.15. The van der Waals surface area contributed by atoms with E-state index in [1.54, 1.807) is 12.5 Å². The number of aromatic nitrogens is 5. The van der Waals surface area contributed by atoms with Gasteiger partial charge in [0.2, 0.25) is 5.89 Å². The highest BCUT2D eigenvalue weighted by molar-refractivity contribution is 5.81. The Morgan fingerprint density at radius 2 is 2.24 bits per heavy atom. The smallest absolute Gasteiger partial charge is 0.213 e. The van der Waals surface area contributed by atoms with Crippen LogP contribution in [0.1, 0.15) is 11.7 Å². The molecule has 0 aromatic carbocycles. The van der Waals surface area contributed by atoms with Crippen molar-refractivity contribution in [2.24, 2.45) is 0 Å². The Bertz CT molecular complexity index is 643. The average Bonchev–Trinajstić information content (AvgIpc) is 2.94. The summed E-state index contributed by atoms with van der Waals surface area (Å²) in [5.74, 6) is 2.09. The van der Waals surface area contributed by atoms with Gasteiger partial charge in [-0.05, 0) is 6.92 Å². The lowest BCUT2D eigenvalue weighted by Gasteiger charge is -2.02. The topological polar surface area (TPSA) is 92.5 Å². The van der Waals surface area contributed by atoms with Crippen molar-refractivity contribution in [2.75, 3.05) is 5.32 Å². The lowest BCUT2D eigenvalue weighted by Crippen LogP contribution is -2.02. The van der Waals surface area contributed by atoms with Crippen molar-refractivity contribution >= 4 is 17.0 Å². The molecule has 7 heteroatoms. The summed E-state index contributed by atoms with van der Waals surface area (Å²) in [7, 11) is 0. The Morgan fingerprint density at radius 1 is 1.29 bits per heavy atom. The number of aromatic amines is 1. The Balaban J connectivity index is 1.83. The van der Waals surface area contributed by atoms with Gasteiger partial charge in [-0.1, -0.05) is 0 Å². The summed E-state index contributed by atoms with van der Waals surface area (Å²) in [4.78, 5) is 19.3. The van der Waals surface area contributed by atoms with Crippen LogP contribution in [-0.4, -0.2) is 24.9 Å². The van der Waals surface area contributed by atoms with Gasteiger partial charge in [0.25, 0.3) is 0 Å². The van der Waals surface area contributed by atoms with E-state index in [9.17, 15) is 0 Å². The van der Waals surface area contributed by atoms with Gasteiger partial charge in [0.05, 0.1) is 19.1 Å². The molecule has 0 atom stereocenters. The summed E-state index contributed by atoms with van der Waals surface area (Å²) in [5, 5.41) is 3.12. The number of hydrogen-bond acceptors (Lipinski definition) is 6. The molecule has 3 heterocycles. The van der Waals surface area contributed by atoms with Crippen LogP contribution in [0.25, 0.3) is 11.2 Å². The molecule has 17 heavy (non-hydrogen) atoms. The van der Waals surface area contributed by atoms with Crippen LogP contribution in [0.2, 0.25) is 0 Å². The largest absolute Gasteiger partial charge is 0.444 e. The van der Waals surface area contributed by atoms with Crippen LogP contribution in [0.5, 0.6) is 0 Å². The molecule has 0 spiro atoms. The Hall–Kier alpha value is -2.44. The highest BCUT2D eigenvalue weighted by atomic mass is 16.4. The first-order chi connectivity index (χ1) is 8.33. The van der Waals surface area contributed by atoms with Crippen LogP contribution < -0.4 is 5.32 Å². The molecule has 86 valence electrons. The maximum Gasteiger partial charge on any atom is 0.213 e. The zero-order chi connectivity index (χ0) is 11.7. The van der Waals surface area contributed by atoms with Crippen molar-refractivity contribution in [1.29, 1.82) is 0 Å². The minimum Gasteiger partial charge on any atom is -0.444 e. The predicted octanol–water partition coefficient (Wildman–Crippen LogP) is 1.26. The number of nitrogens with zero attached hydrogens (tertiary/aromatic N) is 4. The van der Waals surface area contributed by atoms with Crippen molar-refractivity contribution in [1.82, 2.24) is 24.9 Å². The third kappa shape index (κ3) is 1.82. The van der Waals surface area contributed by atoms with E-state index in [0.29, 0.717) is 23.9 Å². The molecule has 0 bridgehead atoms. The third-order valence-electron chi connectivity index (χ3n) is 2.30. The lowest BCUT2D eigenvalue weighted by atomic mass is 10.5. The Morgan fingerprint density at radius 3 is 3.06 bits per heavy atom. The number of rotatable bonds is 3. The molecule has 3 rings (SSSR count). The van der Waals surface area contributed by atoms with Crippen LogP contribution in [0.3, 0.4) is 0 Å². The van der Waals surface area contributed by atoms with Gasteiger partial charge in [0, 0.05) is 0 Å². The number of fused-ring (bicyclic) bond motifs is 1. The summed E-state index contributed by atoms with van der Waals surface area (Å²) >= 11 is 0. The van der Waals surface area contributed by atoms with Gasteiger partial charge in [-0.3, -0.25) is 0 Å². The molecule has 0 radical (unpaired) electrons. The van der Waals surface area contributed by atoms with E-state index in [1.807, 2.05) is 6.92 Å². The maximum atomic E-state index is 5.36. The van der Waals surface area contributed by atoms with Crippen LogP contribution in [0, 0.1) is 6.92 Å². The first-order valence-corrected chi connectivity index (χ1v) is 5.12. The monoisotopic (exact) mass is 230 g/mol. The van der Waals surface area contributed by atoms with Gasteiger partial charge in [0.15, 0.2) is 11.5 Å². The number of anilines is 1. The SMILES string of the molecule is Cc1cnc(CNc2ncnc3nc[nH]c23)o1. The molecule has 7 nitrogen and oxygen atoms in total. The summed E-state index contributed by atoms with van der Waals surface area (Å²) in [6.45, 7) is 2.33. The molecule has 0 aliphatic carbocycles. The predicted molar refractivity (Wildman–Crippen MR) is 60.3 cm³/mol. The summed E-state index contributed by atoms with van der Waals surface area (Å²) < 4.78 is 5.36. The number of oxazole rings is 1.